The first-order valence-corrected chi connectivity index (χ1v) is 13.2. The molecule has 0 aromatic heterocycles. The van der Waals surface area contributed by atoms with Gasteiger partial charge in [-0.05, 0) is 70.5 Å². The largest absolute Gasteiger partial charge is 0.493 e. The Bertz CT molecular complexity index is 1430. The molecule has 8 nitrogen and oxygen atoms in total. The summed E-state index contributed by atoms with van der Waals surface area (Å²) in [5.41, 5.74) is 3.12. The highest BCUT2D eigenvalue weighted by molar-refractivity contribution is 14.1. The minimum atomic E-state index is -0.665. The minimum absolute atomic E-state index is 0.0550. The third kappa shape index (κ3) is 6.28. The lowest BCUT2D eigenvalue weighted by atomic mass is 10.1. The third-order valence-electron chi connectivity index (χ3n) is 5.83. The van der Waals surface area contributed by atoms with Crippen LogP contribution in [0.25, 0.3) is 6.08 Å². The minimum Gasteiger partial charge on any atom is -0.493 e. The second-order valence-corrected chi connectivity index (χ2v) is 9.92. The number of carbonyl (C=O) groups excluding carboxylic acids is 3. The van der Waals surface area contributed by atoms with Crippen LogP contribution in [0.15, 0.2) is 66.4 Å². The number of nitrogens with one attached hydrogen (secondary N) is 2. The zero-order valence-corrected chi connectivity index (χ0v) is 23.6. The molecule has 3 aromatic carbocycles. The molecule has 1 heterocycles. The highest BCUT2D eigenvalue weighted by Gasteiger charge is 2.35. The van der Waals surface area contributed by atoms with Crippen molar-refractivity contribution < 1.29 is 23.9 Å². The molecule has 0 atom stereocenters. The van der Waals surface area contributed by atoms with E-state index >= 15 is 0 Å². The molecule has 3 aromatic rings. The van der Waals surface area contributed by atoms with Crippen LogP contribution in [0, 0.1) is 3.57 Å². The van der Waals surface area contributed by atoms with Crippen LogP contribution in [-0.4, -0.2) is 36.4 Å². The van der Waals surface area contributed by atoms with Gasteiger partial charge >= 0.3 is 6.03 Å². The molecule has 0 unspecified atom stereocenters. The summed E-state index contributed by atoms with van der Waals surface area (Å²) in [5, 5.41) is 5.93. The van der Waals surface area contributed by atoms with Gasteiger partial charge < -0.3 is 20.1 Å². The van der Waals surface area contributed by atoms with E-state index in [1.54, 1.807) is 24.3 Å². The van der Waals surface area contributed by atoms with Gasteiger partial charge in [-0.1, -0.05) is 54.9 Å². The lowest BCUT2D eigenvalue weighted by Gasteiger charge is -2.14. The van der Waals surface area contributed by atoms with Crippen molar-refractivity contribution in [3.63, 3.8) is 0 Å². The Labute approximate surface area is 239 Å². The van der Waals surface area contributed by atoms with E-state index in [9.17, 15) is 14.4 Å². The van der Waals surface area contributed by atoms with E-state index in [-0.39, 0.29) is 12.3 Å². The Kier molecular flexibility index (Phi) is 8.90. The number of anilines is 1. The number of hydrogen-bond donors (Lipinski definition) is 2. The van der Waals surface area contributed by atoms with Crippen LogP contribution >= 0.6 is 34.2 Å². The second kappa shape index (κ2) is 12.3. The van der Waals surface area contributed by atoms with E-state index in [2.05, 4.69) is 33.2 Å². The highest BCUT2D eigenvalue weighted by atomic mass is 127. The van der Waals surface area contributed by atoms with Gasteiger partial charge in [0.15, 0.2) is 11.5 Å². The molecule has 4 amide bonds. The number of nitrogens with zero attached hydrogens (tertiary/aromatic N) is 1. The van der Waals surface area contributed by atoms with Crippen molar-refractivity contribution in [2.75, 3.05) is 19.0 Å². The van der Waals surface area contributed by atoms with E-state index in [1.165, 1.54) is 13.2 Å². The molecule has 0 bridgehead atoms. The third-order valence-corrected chi connectivity index (χ3v) is 7.00. The second-order valence-electron chi connectivity index (χ2n) is 8.35. The van der Waals surface area contributed by atoms with E-state index in [0.29, 0.717) is 27.8 Å². The number of amides is 4. The van der Waals surface area contributed by atoms with Crippen molar-refractivity contribution in [1.82, 2.24) is 10.2 Å². The highest BCUT2D eigenvalue weighted by Crippen LogP contribution is 2.35. The molecular weight excluding hydrogens is 621 g/mol. The summed E-state index contributed by atoms with van der Waals surface area (Å²) in [6.07, 6.45) is 2.27. The molecule has 10 heteroatoms. The Balaban J connectivity index is 1.48. The van der Waals surface area contributed by atoms with Gasteiger partial charge in [-0.2, -0.15) is 0 Å². The SMILES string of the molecule is CCc1ccccc1NC(=O)CN1C(=O)N/C(=C/c2cc(I)c(OCc3ccccc3Cl)c(OC)c2)C1=O. The predicted molar refractivity (Wildman–Crippen MR) is 154 cm³/mol. The fourth-order valence-electron chi connectivity index (χ4n) is 3.89. The summed E-state index contributed by atoms with van der Waals surface area (Å²) in [7, 11) is 1.52. The van der Waals surface area contributed by atoms with E-state index in [1.807, 2.05) is 43.3 Å². The van der Waals surface area contributed by atoms with Crippen LogP contribution < -0.4 is 20.1 Å². The first-order chi connectivity index (χ1) is 18.3. The number of hydrogen-bond acceptors (Lipinski definition) is 5. The zero-order valence-electron chi connectivity index (χ0n) is 20.7. The molecule has 2 N–H and O–H groups in total. The zero-order chi connectivity index (χ0) is 27.2. The van der Waals surface area contributed by atoms with E-state index in [0.717, 1.165) is 26.0 Å². The number of carbonyl (C=O) groups is 3. The molecule has 1 fully saturated rings. The van der Waals surface area contributed by atoms with E-state index in [4.69, 9.17) is 21.1 Å². The number of imide groups is 1. The molecule has 4 rings (SSSR count). The summed E-state index contributed by atoms with van der Waals surface area (Å²) in [6, 6.07) is 17.6. The van der Waals surface area contributed by atoms with Gasteiger partial charge in [0, 0.05) is 16.3 Å². The van der Waals surface area contributed by atoms with Crippen molar-refractivity contribution in [3.8, 4) is 11.5 Å². The average Bonchev–Trinajstić information content (AvgIpc) is 3.16. The van der Waals surface area contributed by atoms with Crippen LogP contribution in [0.5, 0.6) is 11.5 Å². The Morgan fingerprint density at radius 1 is 1.11 bits per heavy atom. The summed E-state index contributed by atoms with van der Waals surface area (Å²) >= 11 is 8.35. The molecule has 196 valence electrons. The average molecular weight is 646 g/mol. The number of rotatable bonds is 9. The van der Waals surface area contributed by atoms with Gasteiger partial charge in [-0.25, -0.2) is 9.69 Å². The maximum absolute atomic E-state index is 13.0. The number of urea groups is 1. The van der Waals surface area contributed by atoms with Gasteiger partial charge in [0.1, 0.15) is 18.8 Å². The van der Waals surface area contributed by atoms with E-state index < -0.39 is 24.4 Å². The standard InChI is InChI=1S/C28H25ClIN3O5/c1-3-18-8-5-7-11-22(18)31-25(34)15-33-27(35)23(32-28(33)36)13-17-12-21(30)26(24(14-17)37-2)38-16-19-9-4-6-10-20(19)29/h4-14H,3,15-16H2,1-2H3,(H,31,34)(H,32,36)/b23-13+. The lowest BCUT2D eigenvalue weighted by Crippen LogP contribution is -2.38. The molecule has 0 saturated carbocycles. The van der Waals surface area contributed by atoms with Crippen LogP contribution in [0.4, 0.5) is 10.5 Å². The first kappa shape index (κ1) is 27.5. The normalized spacial score (nSPS) is 14.0. The predicted octanol–water partition coefficient (Wildman–Crippen LogP) is 5.63. The number of ether oxygens (including phenoxy) is 2. The van der Waals surface area contributed by atoms with Gasteiger partial charge in [0.2, 0.25) is 5.91 Å². The Morgan fingerprint density at radius 3 is 2.53 bits per heavy atom. The quantitative estimate of drug-likeness (QED) is 0.179. The van der Waals surface area contributed by atoms with Crippen molar-refractivity contribution in [1.29, 1.82) is 0 Å². The molecule has 1 aliphatic rings. The summed E-state index contributed by atoms with van der Waals surface area (Å²) in [4.78, 5) is 38.9. The molecule has 1 aliphatic heterocycles. The van der Waals surface area contributed by atoms with Crippen molar-refractivity contribution in [2.24, 2.45) is 0 Å². The van der Waals surface area contributed by atoms with Crippen LogP contribution in [0.1, 0.15) is 23.6 Å². The molecule has 0 aliphatic carbocycles. The first-order valence-electron chi connectivity index (χ1n) is 11.8. The number of aryl methyl sites for hydroxylation is 1. The number of methoxy groups -OCH3 is 1. The maximum atomic E-state index is 13.0. The monoisotopic (exact) mass is 645 g/mol. The Morgan fingerprint density at radius 2 is 1.82 bits per heavy atom. The number of benzene rings is 3. The van der Waals surface area contributed by atoms with Gasteiger partial charge in [0.25, 0.3) is 5.91 Å². The summed E-state index contributed by atoms with van der Waals surface area (Å²) in [5.74, 6) is -0.0742. The topological polar surface area (TPSA) is 97.0 Å². The maximum Gasteiger partial charge on any atom is 0.329 e. The van der Waals surface area contributed by atoms with Crippen molar-refractivity contribution in [3.05, 3.63) is 91.6 Å². The van der Waals surface area contributed by atoms with Crippen LogP contribution in [-0.2, 0) is 22.6 Å². The molecular formula is C28H25ClIN3O5. The number of halogens is 2. The van der Waals surface area contributed by atoms with Gasteiger partial charge in [-0.15, -0.1) is 0 Å². The fourth-order valence-corrected chi connectivity index (χ4v) is 4.87. The number of para-hydroxylation sites is 1. The molecule has 0 spiro atoms. The Hall–Kier alpha value is -3.57. The molecule has 38 heavy (non-hydrogen) atoms. The lowest BCUT2D eigenvalue weighted by molar-refractivity contribution is -0.127. The van der Waals surface area contributed by atoms with Crippen molar-refractivity contribution in [2.45, 2.75) is 20.0 Å². The summed E-state index contributed by atoms with van der Waals surface area (Å²) < 4.78 is 12.2. The smallest absolute Gasteiger partial charge is 0.329 e. The molecule has 0 radical (unpaired) electrons. The van der Waals surface area contributed by atoms with Crippen LogP contribution in [0.3, 0.4) is 0 Å². The molecule has 1 saturated heterocycles. The van der Waals surface area contributed by atoms with Gasteiger partial charge in [0.05, 0.1) is 10.7 Å². The van der Waals surface area contributed by atoms with Crippen LogP contribution in [0.2, 0.25) is 5.02 Å². The van der Waals surface area contributed by atoms with Gasteiger partial charge in [-0.3, -0.25) is 9.59 Å². The summed E-state index contributed by atoms with van der Waals surface area (Å²) in [6.45, 7) is 1.82. The fraction of sp³-hybridized carbons (Fsp3) is 0.179. The van der Waals surface area contributed by atoms with Crippen molar-refractivity contribution >= 4 is 63.8 Å².